The number of ether oxygens (including phenoxy) is 2. The fourth-order valence-corrected chi connectivity index (χ4v) is 6.07. The summed E-state index contributed by atoms with van der Waals surface area (Å²) in [5.41, 5.74) is 1.07. The van der Waals surface area contributed by atoms with E-state index in [0.29, 0.717) is 80.5 Å². The molecule has 2 amide bonds. The van der Waals surface area contributed by atoms with Crippen molar-refractivity contribution in [3.63, 3.8) is 0 Å². The first-order chi connectivity index (χ1) is 19.3. The molecule has 1 fully saturated rings. The maximum atomic E-state index is 14.2. The van der Waals surface area contributed by atoms with Crippen molar-refractivity contribution in [1.82, 2.24) is 24.1 Å². The molecule has 11 nitrogen and oxygen atoms in total. The number of likely N-dealkylation sites (N-methyl/N-ethyl adjacent to an activating group) is 1. The van der Waals surface area contributed by atoms with Crippen molar-refractivity contribution in [3.8, 4) is 11.5 Å². The van der Waals surface area contributed by atoms with E-state index in [2.05, 4.69) is 4.90 Å². The number of hydrogen-bond acceptors (Lipinski definition) is 7. The highest BCUT2D eigenvalue weighted by Crippen LogP contribution is 2.41. The topological polar surface area (TPSA) is 102 Å². The monoisotopic (exact) mass is 552 g/mol. The summed E-state index contributed by atoms with van der Waals surface area (Å²) in [5, 5.41) is 5.14. The predicted molar refractivity (Wildman–Crippen MR) is 146 cm³/mol. The van der Waals surface area contributed by atoms with Crippen LogP contribution in [0.5, 0.6) is 11.5 Å². The van der Waals surface area contributed by atoms with E-state index < -0.39 is 11.4 Å². The molecule has 0 N–H and O–H groups in total. The second-order valence-electron chi connectivity index (χ2n) is 10.5. The maximum Gasteiger partial charge on any atom is 0.280 e. The molecule has 2 aromatic heterocycles. The molecule has 7 rings (SSSR count). The number of halogens is 1. The minimum absolute atomic E-state index is 0.0323. The predicted octanol–water partition coefficient (Wildman–Crippen LogP) is 2.25. The van der Waals surface area contributed by atoms with Crippen LogP contribution in [-0.4, -0.2) is 88.9 Å². The third-order valence-electron chi connectivity index (χ3n) is 8.11. The highest BCUT2D eigenvalue weighted by atomic mass is 19.1. The van der Waals surface area contributed by atoms with Gasteiger partial charge in [0.2, 0.25) is 5.91 Å². The lowest BCUT2D eigenvalue weighted by atomic mass is 10.2. The van der Waals surface area contributed by atoms with Gasteiger partial charge in [-0.1, -0.05) is 6.07 Å². The molecule has 0 spiro atoms. The molecule has 3 aromatic rings. The van der Waals surface area contributed by atoms with Crippen molar-refractivity contribution in [2.45, 2.75) is 39.3 Å². The number of carbonyl (C=O) groups is 2. The van der Waals surface area contributed by atoms with Gasteiger partial charge >= 0.3 is 0 Å². The molecule has 4 bridgehead atoms. The standard InChI is InChI=1S/C28H33FN6O5/c1-4-31-15-17(2)35-23-22(25(39-3)24(35)28(31)38)27(37)34-16-18-7-8-19(29)14-20(18)40-13-5-6-21(36)32-9-11-33(12-10-32)26(23)30-34/h7-8,14,17H,4-6,9-13,15-16H2,1-3H3/t17-/m0/s1. The Hall–Kier alpha value is -4.09. The summed E-state index contributed by atoms with van der Waals surface area (Å²) in [6, 6.07) is 4.06. The van der Waals surface area contributed by atoms with Crippen LogP contribution in [0.4, 0.5) is 10.2 Å². The lowest BCUT2D eigenvalue weighted by Gasteiger charge is -2.37. The molecular weight excluding hydrogens is 519 g/mol. The number of fused-ring (bicyclic) bond motifs is 9. The Morgan fingerprint density at radius 3 is 2.60 bits per heavy atom. The summed E-state index contributed by atoms with van der Waals surface area (Å²) in [4.78, 5) is 46.2. The number of methoxy groups -OCH3 is 1. The Bertz CT molecular complexity index is 1560. The average molecular weight is 553 g/mol. The zero-order valence-electron chi connectivity index (χ0n) is 23.0. The normalized spacial score (nSPS) is 19.7. The molecule has 0 aliphatic carbocycles. The van der Waals surface area contributed by atoms with E-state index in [1.807, 2.05) is 23.3 Å². The minimum Gasteiger partial charge on any atom is -0.493 e. The Labute approximate surface area is 230 Å². The number of anilines is 1. The van der Waals surface area contributed by atoms with Crippen LogP contribution in [-0.2, 0) is 11.3 Å². The molecule has 0 radical (unpaired) electrons. The van der Waals surface area contributed by atoms with E-state index in [1.54, 1.807) is 11.0 Å². The molecule has 12 heteroatoms. The molecule has 1 aromatic carbocycles. The Morgan fingerprint density at radius 1 is 1.12 bits per heavy atom. The van der Waals surface area contributed by atoms with E-state index in [1.165, 1.54) is 23.9 Å². The SMILES string of the molecule is CCN1C[C@H](C)n2c(c(OC)c3c(=O)n4nc(c32)N2CCN(CC2)C(=O)CCCOc2cc(F)ccc2C4)C1=O. The summed E-state index contributed by atoms with van der Waals surface area (Å²) >= 11 is 0. The van der Waals surface area contributed by atoms with Crippen LogP contribution in [0.25, 0.3) is 10.9 Å². The lowest BCUT2D eigenvalue weighted by Crippen LogP contribution is -2.49. The van der Waals surface area contributed by atoms with Gasteiger partial charge in [0.05, 0.1) is 20.3 Å². The smallest absolute Gasteiger partial charge is 0.280 e. The van der Waals surface area contributed by atoms with Crippen molar-refractivity contribution in [1.29, 1.82) is 0 Å². The van der Waals surface area contributed by atoms with Crippen LogP contribution in [0.3, 0.4) is 0 Å². The number of amides is 2. The van der Waals surface area contributed by atoms with Gasteiger partial charge in [-0.2, -0.15) is 0 Å². The molecule has 4 aliphatic heterocycles. The highest BCUT2D eigenvalue weighted by Gasteiger charge is 2.38. The van der Waals surface area contributed by atoms with Gasteiger partial charge in [0.1, 0.15) is 22.5 Å². The Balaban J connectivity index is 1.61. The zero-order chi connectivity index (χ0) is 28.1. The summed E-state index contributed by atoms with van der Waals surface area (Å²) < 4.78 is 29.1. The van der Waals surface area contributed by atoms with Gasteiger partial charge in [0.15, 0.2) is 17.3 Å². The van der Waals surface area contributed by atoms with Crippen molar-refractivity contribution in [3.05, 3.63) is 45.6 Å². The van der Waals surface area contributed by atoms with Gasteiger partial charge in [0.25, 0.3) is 11.5 Å². The number of rotatable bonds is 2. The molecule has 6 heterocycles. The average Bonchev–Trinajstić information content (AvgIpc) is 3.31. The lowest BCUT2D eigenvalue weighted by molar-refractivity contribution is -0.131. The summed E-state index contributed by atoms with van der Waals surface area (Å²) in [6.45, 7) is 7.31. The number of nitrogens with zero attached hydrogens (tertiary/aromatic N) is 6. The van der Waals surface area contributed by atoms with Crippen LogP contribution < -0.4 is 19.9 Å². The van der Waals surface area contributed by atoms with Gasteiger partial charge < -0.3 is 28.7 Å². The number of piperazine rings is 1. The first-order valence-electron chi connectivity index (χ1n) is 13.8. The van der Waals surface area contributed by atoms with E-state index in [9.17, 15) is 18.8 Å². The second kappa shape index (κ2) is 10.1. The van der Waals surface area contributed by atoms with Gasteiger partial charge in [-0.15, -0.1) is 5.10 Å². The van der Waals surface area contributed by atoms with Gasteiger partial charge in [0, 0.05) is 63.4 Å². The largest absolute Gasteiger partial charge is 0.493 e. The Kier molecular flexibility index (Phi) is 6.63. The van der Waals surface area contributed by atoms with Crippen molar-refractivity contribution in [2.75, 3.05) is 57.9 Å². The van der Waals surface area contributed by atoms with Gasteiger partial charge in [-0.25, -0.2) is 9.07 Å². The number of aromatic nitrogens is 3. The number of hydrogen-bond donors (Lipinski definition) is 0. The third kappa shape index (κ3) is 4.16. The van der Waals surface area contributed by atoms with Crippen LogP contribution in [0.15, 0.2) is 23.0 Å². The summed E-state index contributed by atoms with van der Waals surface area (Å²) in [6.07, 6.45) is 0.826. The molecule has 0 unspecified atom stereocenters. The summed E-state index contributed by atoms with van der Waals surface area (Å²) in [5.74, 6) is 0.463. The quantitative estimate of drug-likeness (QED) is 0.481. The molecule has 4 aliphatic rings. The molecular formula is C28H33FN6O5. The fourth-order valence-electron chi connectivity index (χ4n) is 6.07. The van der Waals surface area contributed by atoms with Crippen LogP contribution >= 0.6 is 0 Å². The number of benzene rings is 1. The van der Waals surface area contributed by atoms with Crippen LogP contribution in [0, 0.1) is 5.82 Å². The van der Waals surface area contributed by atoms with Crippen LogP contribution in [0.1, 0.15) is 48.8 Å². The zero-order valence-corrected chi connectivity index (χ0v) is 23.0. The highest BCUT2D eigenvalue weighted by molar-refractivity contribution is 6.07. The van der Waals surface area contributed by atoms with E-state index in [0.717, 1.165) is 0 Å². The third-order valence-corrected chi connectivity index (χ3v) is 8.11. The Morgan fingerprint density at radius 2 is 1.88 bits per heavy atom. The van der Waals surface area contributed by atoms with Gasteiger partial charge in [-0.05, 0) is 26.3 Å². The van der Waals surface area contributed by atoms with Gasteiger partial charge in [-0.3, -0.25) is 14.4 Å². The first kappa shape index (κ1) is 26.1. The fraction of sp³-hybridized carbons (Fsp3) is 0.500. The molecule has 1 atom stereocenters. The van der Waals surface area contributed by atoms with E-state index in [4.69, 9.17) is 14.6 Å². The minimum atomic E-state index is -0.464. The van der Waals surface area contributed by atoms with Crippen molar-refractivity contribution >= 4 is 28.5 Å². The van der Waals surface area contributed by atoms with E-state index >= 15 is 0 Å². The molecule has 1 saturated heterocycles. The van der Waals surface area contributed by atoms with Crippen molar-refractivity contribution < 1.29 is 23.5 Å². The first-order valence-corrected chi connectivity index (χ1v) is 13.8. The molecule has 0 saturated carbocycles. The van der Waals surface area contributed by atoms with E-state index in [-0.39, 0.29) is 42.1 Å². The second-order valence-corrected chi connectivity index (χ2v) is 10.5. The van der Waals surface area contributed by atoms with Crippen LogP contribution in [0.2, 0.25) is 0 Å². The van der Waals surface area contributed by atoms with Crippen molar-refractivity contribution in [2.24, 2.45) is 0 Å². The maximum absolute atomic E-state index is 14.2. The number of carbonyl (C=O) groups excluding carboxylic acids is 2. The molecule has 40 heavy (non-hydrogen) atoms. The summed E-state index contributed by atoms with van der Waals surface area (Å²) in [7, 11) is 1.47. The molecule has 212 valence electrons.